The van der Waals surface area contributed by atoms with Crippen molar-refractivity contribution in [2.45, 2.75) is 13.5 Å². The first kappa shape index (κ1) is 13.8. The maximum Gasteiger partial charge on any atom is 0.357 e. The van der Waals surface area contributed by atoms with E-state index in [9.17, 15) is 4.79 Å². The smallest absolute Gasteiger partial charge is 0.357 e. The van der Waals surface area contributed by atoms with Gasteiger partial charge in [-0.1, -0.05) is 29.8 Å². The number of aryl methyl sites for hydroxylation is 1. The number of benzene rings is 1. The summed E-state index contributed by atoms with van der Waals surface area (Å²) in [7, 11) is 1.35. The van der Waals surface area contributed by atoms with Crippen LogP contribution in [0.5, 0.6) is 0 Å². The highest BCUT2D eigenvalue weighted by molar-refractivity contribution is 7.15. The van der Waals surface area contributed by atoms with Crippen molar-refractivity contribution in [1.29, 1.82) is 0 Å². The molecule has 0 aliphatic rings. The van der Waals surface area contributed by atoms with Crippen LogP contribution in [0.4, 0.5) is 5.13 Å². The number of ether oxygens (including phenoxy) is 1. The number of halogens is 1. The maximum atomic E-state index is 11.4. The fourth-order valence-corrected chi connectivity index (χ4v) is 2.57. The second-order valence-electron chi connectivity index (χ2n) is 3.86. The van der Waals surface area contributed by atoms with Crippen LogP contribution in [0.1, 0.15) is 20.9 Å². The molecule has 0 spiro atoms. The van der Waals surface area contributed by atoms with E-state index in [-0.39, 0.29) is 0 Å². The third-order valence-corrected chi connectivity index (χ3v) is 3.86. The van der Waals surface area contributed by atoms with Crippen LogP contribution in [-0.2, 0) is 11.3 Å². The Bertz CT molecular complexity index is 598. The molecular weight excluding hydrogens is 284 g/mol. The van der Waals surface area contributed by atoms with Crippen molar-refractivity contribution in [2.24, 2.45) is 0 Å². The summed E-state index contributed by atoms with van der Waals surface area (Å²) in [6, 6.07) is 7.59. The average molecular weight is 297 g/mol. The molecule has 0 saturated heterocycles. The molecule has 1 N–H and O–H groups in total. The summed E-state index contributed by atoms with van der Waals surface area (Å²) in [4.78, 5) is 16.5. The number of carbonyl (C=O) groups excluding carboxylic acids is 1. The predicted molar refractivity (Wildman–Crippen MR) is 77.0 cm³/mol. The van der Waals surface area contributed by atoms with Gasteiger partial charge < -0.3 is 10.1 Å². The summed E-state index contributed by atoms with van der Waals surface area (Å²) < 4.78 is 4.67. The summed E-state index contributed by atoms with van der Waals surface area (Å²) in [5, 5.41) is 4.54. The molecule has 0 amide bonds. The van der Waals surface area contributed by atoms with Crippen LogP contribution in [0.25, 0.3) is 0 Å². The van der Waals surface area contributed by atoms with Crippen LogP contribution < -0.4 is 5.32 Å². The molecule has 19 heavy (non-hydrogen) atoms. The standard InChI is InChI=1S/C13H13ClN2O2S/c1-8-11(12(17)18-2)16-13(19-8)15-7-9-5-3-4-6-10(9)14/h3-6H,7H2,1-2H3,(H,15,16). The van der Waals surface area contributed by atoms with Gasteiger partial charge in [-0.2, -0.15) is 0 Å². The minimum Gasteiger partial charge on any atom is -0.464 e. The molecule has 0 atom stereocenters. The molecule has 1 aromatic heterocycles. The lowest BCUT2D eigenvalue weighted by molar-refractivity contribution is 0.0594. The molecule has 0 saturated carbocycles. The fourth-order valence-electron chi connectivity index (χ4n) is 1.57. The third-order valence-electron chi connectivity index (χ3n) is 2.56. The number of nitrogens with zero attached hydrogens (tertiary/aromatic N) is 1. The number of thiazole rings is 1. The summed E-state index contributed by atoms with van der Waals surface area (Å²) in [5.41, 5.74) is 1.34. The minimum atomic E-state index is -0.417. The predicted octanol–water partition coefficient (Wildman–Crippen LogP) is 3.50. The number of hydrogen-bond donors (Lipinski definition) is 1. The van der Waals surface area contributed by atoms with Crippen LogP contribution in [0.2, 0.25) is 5.02 Å². The molecule has 6 heteroatoms. The lowest BCUT2D eigenvalue weighted by Crippen LogP contribution is -2.04. The number of nitrogens with one attached hydrogen (secondary N) is 1. The Morgan fingerprint density at radius 2 is 2.21 bits per heavy atom. The first-order valence-electron chi connectivity index (χ1n) is 5.65. The zero-order chi connectivity index (χ0) is 13.8. The van der Waals surface area contributed by atoms with Gasteiger partial charge in [-0.15, -0.1) is 11.3 Å². The average Bonchev–Trinajstić information content (AvgIpc) is 2.78. The van der Waals surface area contributed by atoms with Gasteiger partial charge in [-0.3, -0.25) is 0 Å². The molecule has 0 aliphatic heterocycles. The Hall–Kier alpha value is -1.59. The molecular formula is C13H13ClN2O2S. The van der Waals surface area contributed by atoms with Crippen molar-refractivity contribution >= 4 is 34.0 Å². The summed E-state index contributed by atoms with van der Waals surface area (Å²) in [6.45, 7) is 2.40. The van der Waals surface area contributed by atoms with Crippen molar-refractivity contribution < 1.29 is 9.53 Å². The fraction of sp³-hybridized carbons (Fsp3) is 0.231. The number of aromatic nitrogens is 1. The van der Waals surface area contributed by atoms with Gasteiger partial charge in [0.2, 0.25) is 0 Å². The molecule has 0 unspecified atom stereocenters. The quantitative estimate of drug-likeness (QED) is 0.877. The molecule has 0 fully saturated rings. The van der Waals surface area contributed by atoms with Gasteiger partial charge in [0.05, 0.1) is 7.11 Å². The van der Waals surface area contributed by atoms with Gasteiger partial charge in [0.15, 0.2) is 10.8 Å². The molecule has 100 valence electrons. The van der Waals surface area contributed by atoms with Crippen molar-refractivity contribution in [3.8, 4) is 0 Å². The Kier molecular flexibility index (Phi) is 4.39. The van der Waals surface area contributed by atoms with E-state index in [0.717, 1.165) is 10.4 Å². The Morgan fingerprint density at radius 3 is 2.89 bits per heavy atom. The number of methoxy groups -OCH3 is 1. The minimum absolute atomic E-state index is 0.356. The molecule has 0 bridgehead atoms. The van der Waals surface area contributed by atoms with E-state index in [1.165, 1.54) is 18.4 Å². The Balaban J connectivity index is 2.09. The monoisotopic (exact) mass is 296 g/mol. The van der Waals surface area contributed by atoms with E-state index in [0.29, 0.717) is 22.4 Å². The lowest BCUT2D eigenvalue weighted by atomic mass is 10.2. The van der Waals surface area contributed by atoms with E-state index in [4.69, 9.17) is 11.6 Å². The zero-order valence-electron chi connectivity index (χ0n) is 10.6. The van der Waals surface area contributed by atoms with Gasteiger partial charge in [-0.25, -0.2) is 9.78 Å². The zero-order valence-corrected chi connectivity index (χ0v) is 12.1. The Labute approximate surface area is 120 Å². The molecule has 4 nitrogen and oxygen atoms in total. The highest BCUT2D eigenvalue weighted by Crippen LogP contribution is 2.24. The van der Waals surface area contributed by atoms with Crippen LogP contribution in [-0.4, -0.2) is 18.1 Å². The molecule has 2 rings (SSSR count). The van der Waals surface area contributed by atoms with Gasteiger partial charge in [0.25, 0.3) is 0 Å². The first-order valence-corrected chi connectivity index (χ1v) is 6.84. The normalized spacial score (nSPS) is 10.3. The number of esters is 1. The second-order valence-corrected chi connectivity index (χ2v) is 5.47. The maximum absolute atomic E-state index is 11.4. The highest BCUT2D eigenvalue weighted by Gasteiger charge is 2.15. The molecule has 0 radical (unpaired) electrons. The van der Waals surface area contributed by atoms with Crippen LogP contribution in [0.3, 0.4) is 0 Å². The Morgan fingerprint density at radius 1 is 1.47 bits per heavy atom. The largest absolute Gasteiger partial charge is 0.464 e. The third kappa shape index (κ3) is 3.24. The number of hydrogen-bond acceptors (Lipinski definition) is 5. The van der Waals surface area contributed by atoms with Crippen molar-refractivity contribution in [3.63, 3.8) is 0 Å². The van der Waals surface area contributed by atoms with Gasteiger partial charge in [0, 0.05) is 16.4 Å². The van der Waals surface area contributed by atoms with Crippen molar-refractivity contribution in [3.05, 3.63) is 45.4 Å². The van der Waals surface area contributed by atoms with E-state index < -0.39 is 5.97 Å². The summed E-state index contributed by atoms with van der Waals surface area (Å²) >= 11 is 7.49. The second kappa shape index (κ2) is 6.04. The van der Waals surface area contributed by atoms with E-state index in [1.54, 1.807) is 0 Å². The lowest BCUT2D eigenvalue weighted by Gasteiger charge is -2.04. The van der Waals surface area contributed by atoms with Crippen molar-refractivity contribution in [1.82, 2.24) is 4.98 Å². The molecule has 1 aromatic carbocycles. The molecule has 0 aliphatic carbocycles. The number of anilines is 1. The highest BCUT2D eigenvalue weighted by atomic mass is 35.5. The topological polar surface area (TPSA) is 51.2 Å². The van der Waals surface area contributed by atoms with Gasteiger partial charge in [0.1, 0.15) is 0 Å². The first-order chi connectivity index (χ1) is 9.11. The van der Waals surface area contributed by atoms with Gasteiger partial charge in [-0.05, 0) is 18.6 Å². The number of rotatable bonds is 4. The van der Waals surface area contributed by atoms with Crippen molar-refractivity contribution in [2.75, 3.05) is 12.4 Å². The summed E-state index contributed by atoms with van der Waals surface area (Å²) in [5.74, 6) is -0.417. The van der Waals surface area contributed by atoms with Crippen LogP contribution in [0.15, 0.2) is 24.3 Å². The molecule has 1 heterocycles. The number of carbonyl (C=O) groups is 1. The molecule has 2 aromatic rings. The summed E-state index contributed by atoms with van der Waals surface area (Å²) in [6.07, 6.45) is 0. The van der Waals surface area contributed by atoms with E-state index in [2.05, 4.69) is 15.0 Å². The SMILES string of the molecule is COC(=O)c1nc(NCc2ccccc2Cl)sc1C. The van der Waals surface area contributed by atoms with Crippen LogP contribution in [0, 0.1) is 6.92 Å². The van der Waals surface area contributed by atoms with E-state index in [1.807, 2.05) is 31.2 Å². The van der Waals surface area contributed by atoms with Crippen LogP contribution >= 0.6 is 22.9 Å². The van der Waals surface area contributed by atoms with E-state index >= 15 is 0 Å². The van der Waals surface area contributed by atoms with Gasteiger partial charge >= 0.3 is 5.97 Å².